The van der Waals surface area contributed by atoms with Gasteiger partial charge in [0.1, 0.15) is 16.5 Å². The Balaban J connectivity index is 1.75. The number of primary amides is 1. The number of anilines is 2. The van der Waals surface area contributed by atoms with Crippen molar-refractivity contribution in [3.8, 4) is 5.75 Å². The monoisotopic (exact) mass is 470 g/mol. The van der Waals surface area contributed by atoms with Gasteiger partial charge in [0.15, 0.2) is 0 Å². The average Bonchev–Trinajstić information content (AvgIpc) is 3.04. The smallest absolute Gasteiger partial charge is 0.286 e. The van der Waals surface area contributed by atoms with Crippen molar-refractivity contribution < 1.29 is 22.7 Å². The van der Waals surface area contributed by atoms with Gasteiger partial charge < -0.3 is 20.3 Å². The van der Waals surface area contributed by atoms with Crippen molar-refractivity contribution >= 4 is 39.0 Å². The molecule has 1 fully saturated rings. The number of benzene rings is 2. The van der Waals surface area contributed by atoms with E-state index in [0.29, 0.717) is 35.9 Å². The molecule has 0 aliphatic carbocycles. The molecular formula is C23H26N4O5S. The van der Waals surface area contributed by atoms with Crippen LogP contribution in [0.15, 0.2) is 51.8 Å². The van der Waals surface area contributed by atoms with Crippen molar-refractivity contribution in [1.29, 1.82) is 0 Å². The predicted octanol–water partition coefficient (Wildman–Crippen LogP) is 2.70. The fourth-order valence-corrected chi connectivity index (χ4v) is 5.46. The minimum atomic E-state index is -3.94. The first-order valence-electron chi connectivity index (χ1n) is 10.8. The second-order valence-corrected chi connectivity index (χ2v) is 9.54. The lowest BCUT2D eigenvalue weighted by molar-refractivity contribution is -0.117. The first-order chi connectivity index (χ1) is 15.8. The Bertz CT molecular complexity index is 1230. The van der Waals surface area contributed by atoms with Crippen molar-refractivity contribution in [3.63, 3.8) is 0 Å². The number of carbonyl (C=O) groups excluding carboxylic acids is 2. The summed E-state index contributed by atoms with van der Waals surface area (Å²) in [4.78, 5) is 28.3. The maximum Gasteiger partial charge on any atom is 0.286 e. The Morgan fingerprint density at radius 1 is 1.15 bits per heavy atom. The van der Waals surface area contributed by atoms with Gasteiger partial charge in [-0.05, 0) is 43.2 Å². The van der Waals surface area contributed by atoms with E-state index >= 15 is 0 Å². The largest absolute Gasteiger partial charge is 0.495 e. The summed E-state index contributed by atoms with van der Waals surface area (Å²) in [5.41, 5.74) is 6.49. The molecule has 0 unspecified atom stereocenters. The molecule has 2 aromatic rings. The fraction of sp³-hybridized carbons (Fsp3) is 0.348. The summed E-state index contributed by atoms with van der Waals surface area (Å²) in [6.07, 6.45) is 3.39. The number of nitrogens with two attached hydrogens (primary N) is 1. The number of nitrogens with zero attached hydrogens (tertiary/aromatic N) is 3. The molecule has 0 radical (unpaired) electrons. The second-order valence-electron chi connectivity index (χ2n) is 7.97. The lowest BCUT2D eigenvalue weighted by Gasteiger charge is -2.30. The first-order valence-corrected chi connectivity index (χ1v) is 12.2. The molecule has 174 valence electrons. The minimum absolute atomic E-state index is 0.00822. The van der Waals surface area contributed by atoms with E-state index in [2.05, 4.69) is 4.40 Å². The van der Waals surface area contributed by atoms with E-state index in [1.165, 1.54) is 18.1 Å². The van der Waals surface area contributed by atoms with Crippen LogP contribution in [0.5, 0.6) is 5.75 Å². The molecule has 0 spiro atoms. The maximum atomic E-state index is 13.5. The summed E-state index contributed by atoms with van der Waals surface area (Å²) in [5.74, 6) is -0.0287. The minimum Gasteiger partial charge on any atom is -0.495 e. The SMILES string of the molecule is COc1ccccc1N(CCC(N)=O)C(=O)c1ccc2c(c1)S(=O)(=O)N=C1CCCCCN12. The predicted molar refractivity (Wildman–Crippen MR) is 125 cm³/mol. The van der Waals surface area contributed by atoms with Crippen molar-refractivity contribution in [2.45, 2.75) is 37.0 Å². The quantitative estimate of drug-likeness (QED) is 0.693. The van der Waals surface area contributed by atoms with Crippen LogP contribution in [0.1, 0.15) is 42.5 Å². The van der Waals surface area contributed by atoms with E-state index in [-0.39, 0.29) is 23.4 Å². The number of amides is 2. The number of sulfonamides is 1. The van der Waals surface area contributed by atoms with E-state index in [9.17, 15) is 18.0 Å². The first kappa shape index (κ1) is 22.8. The molecule has 0 aromatic heterocycles. The maximum absolute atomic E-state index is 13.5. The van der Waals surface area contributed by atoms with Crippen LogP contribution < -0.4 is 20.3 Å². The van der Waals surface area contributed by atoms with Gasteiger partial charge in [-0.3, -0.25) is 9.59 Å². The highest BCUT2D eigenvalue weighted by Crippen LogP contribution is 2.36. The van der Waals surface area contributed by atoms with Crippen LogP contribution in [-0.4, -0.2) is 46.3 Å². The Labute approximate surface area is 192 Å². The number of rotatable bonds is 6. The number of methoxy groups -OCH3 is 1. The molecule has 0 saturated carbocycles. The standard InChI is InChI=1S/C23H26N4O5S/c1-32-19-8-5-4-7-17(19)27(14-12-21(24)28)23(29)16-10-11-18-20(15-16)33(30,31)25-22-9-3-2-6-13-26(18)22/h4-5,7-8,10-11,15H,2-3,6,9,12-14H2,1H3,(H2,24,28). The van der Waals surface area contributed by atoms with Crippen molar-refractivity contribution in [3.05, 3.63) is 48.0 Å². The van der Waals surface area contributed by atoms with Gasteiger partial charge in [-0.2, -0.15) is 8.42 Å². The van der Waals surface area contributed by atoms with Gasteiger partial charge in [-0.1, -0.05) is 18.6 Å². The van der Waals surface area contributed by atoms with Gasteiger partial charge in [0.25, 0.3) is 15.9 Å². The molecule has 4 rings (SSSR count). The zero-order valence-electron chi connectivity index (χ0n) is 18.4. The van der Waals surface area contributed by atoms with Crippen LogP contribution >= 0.6 is 0 Å². The van der Waals surface area contributed by atoms with E-state index in [0.717, 1.165) is 19.3 Å². The number of hydrogen-bond acceptors (Lipinski definition) is 6. The van der Waals surface area contributed by atoms with E-state index in [1.54, 1.807) is 36.4 Å². The fourth-order valence-electron chi connectivity index (χ4n) is 4.17. The van der Waals surface area contributed by atoms with Crippen molar-refractivity contribution in [1.82, 2.24) is 0 Å². The van der Waals surface area contributed by atoms with Crippen LogP contribution in [-0.2, 0) is 14.8 Å². The van der Waals surface area contributed by atoms with Crippen LogP contribution in [0.2, 0.25) is 0 Å². The van der Waals surface area contributed by atoms with Gasteiger partial charge in [0.05, 0.1) is 18.5 Å². The zero-order chi connectivity index (χ0) is 23.6. The van der Waals surface area contributed by atoms with Gasteiger partial charge in [0, 0.05) is 31.5 Å². The summed E-state index contributed by atoms with van der Waals surface area (Å²) in [5, 5.41) is 0. The summed E-state index contributed by atoms with van der Waals surface area (Å²) in [6, 6.07) is 11.5. The van der Waals surface area contributed by atoms with E-state index < -0.39 is 21.8 Å². The summed E-state index contributed by atoms with van der Waals surface area (Å²) in [6.45, 7) is 0.702. The number of carbonyl (C=O) groups is 2. The molecule has 0 atom stereocenters. The van der Waals surface area contributed by atoms with Crippen LogP contribution in [0.4, 0.5) is 11.4 Å². The topological polar surface area (TPSA) is 122 Å². The molecule has 2 amide bonds. The molecule has 2 aromatic carbocycles. The lowest BCUT2D eigenvalue weighted by Crippen LogP contribution is -2.36. The van der Waals surface area contributed by atoms with Crippen molar-refractivity contribution in [2.24, 2.45) is 10.1 Å². The van der Waals surface area contributed by atoms with Crippen LogP contribution in [0.25, 0.3) is 0 Å². The van der Waals surface area contributed by atoms with E-state index in [1.807, 2.05) is 4.90 Å². The lowest BCUT2D eigenvalue weighted by atomic mass is 10.1. The van der Waals surface area contributed by atoms with Gasteiger partial charge in [0.2, 0.25) is 5.91 Å². The summed E-state index contributed by atoms with van der Waals surface area (Å²) >= 11 is 0. The molecule has 2 heterocycles. The number of ether oxygens (including phenoxy) is 1. The Morgan fingerprint density at radius 3 is 2.70 bits per heavy atom. The van der Waals surface area contributed by atoms with Crippen LogP contribution in [0.3, 0.4) is 0 Å². The molecule has 0 bridgehead atoms. The van der Waals surface area contributed by atoms with Crippen LogP contribution in [0, 0.1) is 0 Å². The van der Waals surface area contributed by atoms with Crippen molar-refractivity contribution in [2.75, 3.05) is 30.0 Å². The summed E-state index contributed by atoms with van der Waals surface area (Å²) < 4.78 is 35.3. The molecule has 9 nitrogen and oxygen atoms in total. The number of amidine groups is 1. The summed E-state index contributed by atoms with van der Waals surface area (Å²) in [7, 11) is -2.45. The Morgan fingerprint density at radius 2 is 1.94 bits per heavy atom. The third-order valence-corrected chi connectivity index (χ3v) is 7.13. The van der Waals surface area contributed by atoms with Gasteiger partial charge >= 0.3 is 0 Å². The van der Waals surface area contributed by atoms with Gasteiger partial charge in [-0.15, -0.1) is 4.40 Å². The van der Waals surface area contributed by atoms with Gasteiger partial charge in [-0.25, -0.2) is 0 Å². The molecule has 2 aliphatic rings. The third kappa shape index (κ3) is 4.56. The normalized spacial score (nSPS) is 16.6. The highest BCUT2D eigenvalue weighted by atomic mass is 32.2. The number of fused-ring (bicyclic) bond motifs is 3. The highest BCUT2D eigenvalue weighted by molar-refractivity contribution is 7.90. The molecule has 33 heavy (non-hydrogen) atoms. The second kappa shape index (κ2) is 9.22. The third-order valence-electron chi connectivity index (χ3n) is 5.80. The Hall–Kier alpha value is -3.40. The van der Waals surface area contributed by atoms with E-state index in [4.69, 9.17) is 10.5 Å². The number of para-hydroxylation sites is 2. The number of hydrogen-bond donors (Lipinski definition) is 1. The Kier molecular flexibility index (Phi) is 6.37. The molecular weight excluding hydrogens is 444 g/mol. The average molecular weight is 471 g/mol. The highest BCUT2D eigenvalue weighted by Gasteiger charge is 2.33. The molecule has 10 heteroatoms. The molecule has 2 aliphatic heterocycles. The molecule has 2 N–H and O–H groups in total. The molecule has 1 saturated heterocycles. The zero-order valence-corrected chi connectivity index (χ0v) is 19.2.